The highest BCUT2D eigenvalue weighted by Gasteiger charge is 2.14. The van der Waals surface area contributed by atoms with E-state index in [2.05, 4.69) is 41.6 Å². The number of nitrogens with zero attached hydrogens (tertiary/aromatic N) is 1. The highest BCUT2D eigenvalue weighted by molar-refractivity contribution is 7.80. The first-order chi connectivity index (χ1) is 15.8. The molecule has 8 heteroatoms. The van der Waals surface area contributed by atoms with E-state index in [1.807, 2.05) is 30.3 Å². The van der Waals surface area contributed by atoms with E-state index in [9.17, 15) is 4.79 Å². The van der Waals surface area contributed by atoms with Gasteiger partial charge in [0.2, 0.25) is 5.89 Å². The Morgan fingerprint density at radius 2 is 1.94 bits per heavy atom. The quantitative estimate of drug-likeness (QED) is 0.280. The zero-order chi connectivity index (χ0) is 23.5. The highest BCUT2D eigenvalue weighted by Crippen LogP contribution is 2.29. The van der Waals surface area contributed by atoms with Gasteiger partial charge < -0.3 is 9.73 Å². The van der Waals surface area contributed by atoms with E-state index in [1.54, 1.807) is 12.1 Å². The number of fused-ring (bicyclic) bond motifs is 1. The maximum absolute atomic E-state index is 12.5. The molecule has 0 fully saturated rings. The van der Waals surface area contributed by atoms with E-state index in [0.29, 0.717) is 22.5 Å². The molecule has 1 heterocycles. The molecule has 5 nitrogen and oxygen atoms in total. The van der Waals surface area contributed by atoms with Crippen LogP contribution in [0.2, 0.25) is 10.0 Å². The molecule has 0 aliphatic rings. The van der Waals surface area contributed by atoms with Crippen LogP contribution in [0.5, 0.6) is 0 Å². The summed E-state index contributed by atoms with van der Waals surface area (Å²) in [5.74, 6) is 0.542. The fourth-order valence-electron chi connectivity index (χ4n) is 3.35. The van der Waals surface area contributed by atoms with Gasteiger partial charge in [-0.15, -0.1) is 0 Å². The van der Waals surface area contributed by atoms with Crippen LogP contribution in [-0.4, -0.2) is 16.0 Å². The van der Waals surface area contributed by atoms with E-state index in [4.69, 9.17) is 39.8 Å². The third-order valence-corrected chi connectivity index (χ3v) is 6.12. The van der Waals surface area contributed by atoms with Crippen molar-refractivity contribution in [3.63, 3.8) is 0 Å². The Balaban J connectivity index is 1.49. The number of oxazole rings is 1. The molecule has 0 saturated carbocycles. The zero-order valence-corrected chi connectivity index (χ0v) is 20.3. The van der Waals surface area contributed by atoms with Gasteiger partial charge in [-0.2, -0.15) is 0 Å². The normalized spacial score (nSPS) is 11.9. The van der Waals surface area contributed by atoms with Gasteiger partial charge in [0.05, 0.1) is 10.6 Å². The first kappa shape index (κ1) is 23.2. The highest BCUT2D eigenvalue weighted by atomic mass is 35.5. The van der Waals surface area contributed by atoms with Crippen molar-refractivity contribution in [2.75, 3.05) is 5.32 Å². The smallest absolute Gasteiger partial charge is 0.258 e. The molecule has 0 aliphatic carbocycles. The fourth-order valence-corrected chi connectivity index (χ4v) is 4.05. The van der Waals surface area contributed by atoms with Crippen LogP contribution < -0.4 is 10.6 Å². The van der Waals surface area contributed by atoms with Crippen molar-refractivity contribution in [2.45, 2.75) is 26.2 Å². The molecule has 1 amide bonds. The minimum atomic E-state index is -0.429. The van der Waals surface area contributed by atoms with Crippen molar-refractivity contribution in [1.29, 1.82) is 0 Å². The molecule has 0 saturated heterocycles. The zero-order valence-electron chi connectivity index (χ0n) is 18.0. The van der Waals surface area contributed by atoms with E-state index in [0.717, 1.165) is 23.1 Å². The molecule has 1 aromatic heterocycles. The maximum Gasteiger partial charge on any atom is 0.258 e. The van der Waals surface area contributed by atoms with Crippen molar-refractivity contribution in [1.82, 2.24) is 10.3 Å². The van der Waals surface area contributed by atoms with Gasteiger partial charge in [0.25, 0.3) is 5.91 Å². The molecule has 2 N–H and O–H groups in total. The average molecular weight is 498 g/mol. The van der Waals surface area contributed by atoms with Gasteiger partial charge in [-0.25, -0.2) is 4.98 Å². The predicted molar refractivity (Wildman–Crippen MR) is 138 cm³/mol. The third kappa shape index (κ3) is 5.36. The SMILES string of the molecule is CC[C@@H](C)c1ccc2oc(-c3cccc(NC(=S)NC(=O)c4ccc(Cl)cc4Cl)c3)nc2c1. The second-order valence-corrected chi connectivity index (χ2v) is 8.92. The summed E-state index contributed by atoms with van der Waals surface area (Å²) in [6, 6.07) is 18.2. The summed E-state index contributed by atoms with van der Waals surface area (Å²) in [5.41, 5.74) is 4.55. The lowest BCUT2D eigenvalue weighted by molar-refractivity contribution is 0.0978. The molecule has 4 aromatic rings. The Bertz CT molecular complexity index is 1350. The van der Waals surface area contributed by atoms with E-state index in [-0.39, 0.29) is 15.7 Å². The Morgan fingerprint density at radius 1 is 1.12 bits per heavy atom. The van der Waals surface area contributed by atoms with Gasteiger partial charge in [-0.1, -0.05) is 49.2 Å². The number of carbonyl (C=O) groups excluding carboxylic acids is 1. The first-order valence-corrected chi connectivity index (χ1v) is 11.6. The fraction of sp³-hybridized carbons (Fsp3) is 0.160. The van der Waals surface area contributed by atoms with Crippen LogP contribution in [0.15, 0.2) is 65.1 Å². The molecule has 1 atom stereocenters. The molecule has 0 spiro atoms. The van der Waals surface area contributed by atoms with Gasteiger partial charge in [-0.05, 0) is 78.7 Å². The summed E-state index contributed by atoms with van der Waals surface area (Å²) in [6.45, 7) is 4.36. The second kappa shape index (κ2) is 9.91. The molecule has 4 rings (SSSR count). The minimum Gasteiger partial charge on any atom is -0.436 e. The van der Waals surface area contributed by atoms with Crippen molar-refractivity contribution in [2.24, 2.45) is 0 Å². The van der Waals surface area contributed by atoms with Crippen molar-refractivity contribution in [3.8, 4) is 11.5 Å². The lowest BCUT2D eigenvalue weighted by atomic mass is 9.98. The number of amides is 1. The van der Waals surface area contributed by atoms with Gasteiger partial charge in [0, 0.05) is 16.3 Å². The van der Waals surface area contributed by atoms with Crippen molar-refractivity contribution < 1.29 is 9.21 Å². The Hall–Kier alpha value is -2.93. The van der Waals surface area contributed by atoms with E-state index in [1.165, 1.54) is 11.6 Å². The van der Waals surface area contributed by atoms with E-state index >= 15 is 0 Å². The number of rotatable bonds is 5. The summed E-state index contributed by atoms with van der Waals surface area (Å²) in [7, 11) is 0. The number of halogens is 2. The molecule has 0 radical (unpaired) electrons. The largest absolute Gasteiger partial charge is 0.436 e. The second-order valence-electron chi connectivity index (χ2n) is 7.67. The number of benzene rings is 3. The van der Waals surface area contributed by atoms with Crippen LogP contribution >= 0.6 is 35.4 Å². The first-order valence-electron chi connectivity index (χ1n) is 10.4. The van der Waals surface area contributed by atoms with Crippen LogP contribution in [0.1, 0.15) is 42.1 Å². The number of thiocarbonyl (C=S) groups is 1. The average Bonchev–Trinajstić information content (AvgIpc) is 3.22. The summed E-state index contributed by atoms with van der Waals surface area (Å²) in [6.07, 6.45) is 1.06. The van der Waals surface area contributed by atoms with Crippen LogP contribution in [0, 0.1) is 0 Å². The Kier molecular flexibility index (Phi) is 6.98. The molecule has 0 aliphatic heterocycles. The van der Waals surface area contributed by atoms with Gasteiger partial charge in [0.1, 0.15) is 5.52 Å². The summed E-state index contributed by atoms with van der Waals surface area (Å²) >= 11 is 17.3. The predicted octanol–water partition coefficient (Wildman–Crippen LogP) is 7.44. The van der Waals surface area contributed by atoms with Gasteiger partial charge in [0.15, 0.2) is 10.7 Å². The summed E-state index contributed by atoms with van der Waals surface area (Å²) in [4.78, 5) is 17.1. The lowest BCUT2D eigenvalue weighted by Crippen LogP contribution is -2.34. The topological polar surface area (TPSA) is 67.2 Å². The molecule has 33 heavy (non-hydrogen) atoms. The van der Waals surface area contributed by atoms with Gasteiger partial charge in [-0.3, -0.25) is 10.1 Å². The Labute approximate surface area is 207 Å². The molecular formula is C25H21Cl2N3O2S. The number of nitrogens with one attached hydrogen (secondary N) is 2. The van der Waals surface area contributed by atoms with Crippen LogP contribution in [-0.2, 0) is 0 Å². The number of aromatic nitrogens is 1. The van der Waals surface area contributed by atoms with E-state index < -0.39 is 5.91 Å². The van der Waals surface area contributed by atoms with Crippen LogP contribution in [0.3, 0.4) is 0 Å². The molecule has 0 unspecified atom stereocenters. The van der Waals surface area contributed by atoms with Crippen molar-refractivity contribution >= 4 is 63.2 Å². The number of hydrogen-bond donors (Lipinski definition) is 2. The van der Waals surface area contributed by atoms with Crippen LogP contribution in [0.4, 0.5) is 5.69 Å². The van der Waals surface area contributed by atoms with Gasteiger partial charge >= 0.3 is 0 Å². The molecule has 168 valence electrons. The van der Waals surface area contributed by atoms with Crippen molar-refractivity contribution in [3.05, 3.63) is 81.8 Å². The molecular weight excluding hydrogens is 477 g/mol. The maximum atomic E-state index is 12.5. The minimum absolute atomic E-state index is 0.138. The third-order valence-electron chi connectivity index (χ3n) is 5.36. The number of anilines is 1. The molecule has 0 bridgehead atoms. The van der Waals surface area contributed by atoms with Crippen LogP contribution in [0.25, 0.3) is 22.6 Å². The summed E-state index contributed by atoms with van der Waals surface area (Å²) in [5, 5.41) is 6.47. The number of hydrogen-bond acceptors (Lipinski definition) is 4. The Morgan fingerprint density at radius 3 is 2.70 bits per heavy atom. The summed E-state index contributed by atoms with van der Waals surface area (Å²) < 4.78 is 5.96. The number of carbonyl (C=O) groups is 1. The standard InChI is InChI=1S/C25H21Cl2N3O2S/c1-3-14(2)15-7-10-22-21(12-15)29-24(32-22)16-5-4-6-18(11-16)28-25(33)30-23(31)19-9-8-17(26)13-20(19)27/h4-14H,3H2,1-2H3,(H2,28,30,31,33)/t14-/m1/s1. The molecule has 3 aromatic carbocycles. The monoisotopic (exact) mass is 497 g/mol. The lowest BCUT2D eigenvalue weighted by Gasteiger charge is -2.11.